The Morgan fingerprint density at radius 3 is 2.41 bits per heavy atom. The summed E-state index contributed by atoms with van der Waals surface area (Å²) in [6.07, 6.45) is -4.87. The minimum atomic E-state index is -4.87. The number of alkyl halides is 3. The van der Waals surface area contributed by atoms with E-state index in [-0.39, 0.29) is 24.7 Å². The second kappa shape index (κ2) is 9.94. The summed E-state index contributed by atoms with van der Waals surface area (Å²) in [5.74, 6) is -0.466. The maximum atomic E-state index is 13.3. The van der Waals surface area contributed by atoms with Gasteiger partial charge in [-0.3, -0.25) is 0 Å². The molecule has 2 N–H and O–H groups in total. The average molecular weight is 450 g/mol. The topological polar surface area (TPSA) is 85.4 Å². The van der Waals surface area contributed by atoms with E-state index in [0.717, 1.165) is 17.4 Å². The molecule has 11 heteroatoms. The van der Waals surface area contributed by atoms with Gasteiger partial charge in [-0.1, -0.05) is 0 Å². The first kappa shape index (κ1) is 22.8. The van der Waals surface area contributed by atoms with Crippen molar-refractivity contribution in [1.29, 1.82) is 0 Å². The van der Waals surface area contributed by atoms with Gasteiger partial charge in [0.15, 0.2) is 0 Å². The Hall–Kier alpha value is -3.89. The third kappa shape index (κ3) is 6.06. The standard InChI is InChI=1S/C21H18F4N4O3/c1-31-15-5-2-13(3-6-15)18-8-9-19(29-28-18)32-11-10-26-20(30)27-14-4-7-17(22)16(12-14)21(23,24)25/h2-9,12H,10-11H2,1H3,(H2,26,27,30). The number of hydrogen-bond acceptors (Lipinski definition) is 5. The van der Waals surface area contributed by atoms with E-state index in [1.807, 2.05) is 12.1 Å². The van der Waals surface area contributed by atoms with Crippen molar-refractivity contribution in [2.75, 3.05) is 25.6 Å². The highest BCUT2D eigenvalue weighted by atomic mass is 19.4. The predicted molar refractivity (Wildman–Crippen MR) is 108 cm³/mol. The Morgan fingerprint density at radius 2 is 1.78 bits per heavy atom. The molecule has 0 aliphatic carbocycles. The molecule has 168 valence electrons. The molecule has 2 aromatic carbocycles. The summed E-state index contributed by atoms with van der Waals surface area (Å²) >= 11 is 0. The van der Waals surface area contributed by atoms with E-state index in [0.29, 0.717) is 17.8 Å². The first-order valence-corrected chi connectivity index (χ1v) is 9.29. The van der Waals surface area contributed by atoms with Crippen LogP contribution in [0.5, 0.6) is 11.6 Å². The number of benzene rings is 2. The highest BCUT2D eigenvalue weighted by Crippen LogP contribution is 2.33. The van der Waals surface area contributed by atoms with Crippen LogP contribution in [-0.2, 0) is 6.18 Å². The van der Waals surface area contributed by atoms with Gasteiger partial charge in [0.2, 0.25) is 5.88 Å². The Morgan fingerprint density at radius 1 is 1.03 bits per heavy atom. The second-order valence-corrected chi connectivity index (χ2v) is 6.41. The first-order valence-electron chi connectivity index (χ1n) is 9.29. The van der Waals surface area contributed by atoms with E-state index in [2.05, 4.69) is 20.8 Å². The molecule has 7 nitrogen and oxygen atoms in total. The number of anilines is 1. The van der Waals surface area contributed by atoms with Gasteiger partial charge in [0.1, 0.15) is 18.2 Å². The molecule has 3 rings (SSSR count). The lowest BCUT2D eigenvalue weighted by molar-refractivity contribution is -0.139. The molecule has 3 aromatic rings. The summed E-state index contributed by atoms with van der Waals surface area (Å²) in [6.45, 7) is 0.0856. The van der Waals surface area contributed by atoms with Gasteiger partial charge >= 0.3 is 12.2 Å². The molecular formula is C21H18F4N4O3. The van der Waals surface area contributed by atoms with Crippen LogP contribution in [0.15, 0.2) is 54.6 Å². The largest absolute Gasteiger partial charge is 0.497 e. The van der Waals surface area contributed by atoms with Crippen LogP contribution in [-0.4, -0.2) is 36.5 Å². The zero-order valence-corrected chi connectivity index (χ0v) is 16.7. The van der Waals surface area contributed by atoms with Crippen molar-refractivity contribution in [1.82, 2.24) is 15.5 Å². The molecule has 0 saturated carbocycles. The number of methoxy groups -OCH3 is 1. The summed E-state index contributed by atoms with van der Waals surface area (Å²) in [5, 5.41) is 12.6. The van der Waals surface area contributed by atoms with Gasteiger partial charge in [0, 0.05) is 17.3 Å². The van der Waals surface area contributed by atoms with Gasteiger partial charge in [-0.15, -0.1) is 10.2 Å². The molecule has 0 bridgehead atoms. The quantitative estimate of drug-likeness (QED) is 0.409. The van der Waals surface area contributed by atoms with E-state index >= 15 is 0 Å². The molecule has 0 radical (unpaired) electrons. The Balaban J connectivity index is 1.45. The van der Waals surface area contributed by atoms with Crippen LogP contribution >= 0.6 is 0 Å². The smallest absolute Gasteiger partial charge is 0.419 e. The van der Waals surface area contributed by atoms with Crippen LogP contribution in [0.25, 0.3) is 11.3 Å². The second-order valence-electron chi connectivity index (χ2n) is 6.41. The number of aromatic nitrogens is 2. The minimum absolute atomic E-state index is 0.0427. The predicted octanol–water partition coefficient (Wildman–Crippen LogP) is 4.51. The van der Waals surface area contributed by atoms with Crippen molar-refractivity contribution in [2.45, 2.75) is 6.18 Å². The number of carbonyl (C=O) groups excluding carboxylic acids is 1. The fraction of sp³-hybridized carbons (Fsp3) is 0.190. The molecule has 1 heterocycles. The third-order valence-corrected chi connectivity index (χ3v) is 4.19. The monoisotopic (exact) mass is 450 g/mol. The van der Waals surface area contributed by atoms with Gasteiger partial charge in [-0.2, -0.15) is 13.2 Å². The molecule has 0 spiro atoms. The van der Waals surface area contributed by atoms with Gasteiger partial charge in [-0.25, -0.2) is 9.18 Å². The number of halogens is 4. The third-order valence-electron chi connectivity index (χ3n) is 4.19. The SMILES string of the molecule is COc1ccc(-c2ccc(OCCNC(=O)Nc3ccc(F)c(C(F)(F)F)c3)nn2)cc1. The van der Waals surface area contributed by atoms with Crippen LogP contribution in [0.1, 0.15) is 5.56 Å². The van der Waals surface area contributed by atoms with E-state index in [1.165, 1.54) is 0 Å². The van der Waals surface area contributed by atoms with E-state index < -0.39 is 23.6 Å². The van der Waals surface area contributed by atoms with Crippen LogP contribution < -0.4 is 20.1 Å². The lowest BCUT2D eigenvalue weighted by Gasteiger charge is -2.12. The van der Waals surface area contributed by atoms with Crippen molar-refractivity contribution < 1.29 is 31.8 Å². The summed E-state index contributed by atoms with van der Waals surface area (Å²) in [6, 6.07) is 12.0. The van der Waals surface area contributed by atoms with E-state index in [9.17, 15) is 22.4 Å². The molecule has 32 heavy (non-hydrogen) atoms. The van der Waals surface area contributed by atoms with Crippen molar-refractivity contribution in [3.63, 3.8) is 0 Å². The summed E-state index contributed by atoms with van der Waals surface area (Å²) < 4.78 is 61.9. The normalized spacial score (nSPS) is 11.0. The van der Waals surface area contributed by atoms with Gasteiger partial charge in [-0.05, 0) is 48.5 Å². The van der Waals surface area contributed by atoms with E-state index in [1.54, 1.807) is 31.4 Å². The molecule has 2 amide bonds. The number of nitrogens with one attached hydrogen (secondary N) is 2. The van der Waals surface area contributed by atoms with Crippen LogP contribution in [0.2, 0.25) is 0 Å². The summed E-state index contributed by atoms with van der Waals surface area (Å²) in [5.41, 5.74) is -0.180. The maximum absolute atomic E-state index is 13.3. The zero-order chi connectivity index (χ0) is 23.1. The average Bonchev–Trinajstić information content (AvgIpc) is 2.78. The summed E-state index contributed by atoms with van der Waals surface area (Å²) in [7, 11) is 1.58. The number of rotatable bonds is 7. The van der Waals surface area contributed by atoms with Gasteiger partial charge in [0.05, 0.1) is 24.9 Å². The first-order chi connectivity index (χ1) is 15.3. The van der Waals surface area contributed by atoms with Crippen LogP contribution in [0, 0.1) is 5.82 Å². The molecule has 0 aliphatic heterocycles. The molecule has 0 unspecified atom stereocenters. The lowest BCUT2D eigenvalue weighted by atomic mass is 10.1. The minimum Gasteiger partial charge on any atom is -0.497 e. The van der Waals surface area contributed by atoms with Gasteiger partial charge in [0.25, 0.3) is 0 Å². The Kier molecular flexibility index (Phi) is 7.08. The Labute approximate surface area is 180 Å². The van der Waals surface area contributed by atoms with Crippen LogP contribution in [0.3, 0.4) is 0 Å². The highest BCUT2D eigenvalue weighted by Gasteiger charge is 2.34. The van der Waals surface area contributed by atoms with E-state index in [4.69, 9.17) is 9.47 Å². The fourth-order valence-electron chi connectivity index (χ4n) is 2.63. The number of carbonyl (C=O) groups is 1. The molecule has 0 aliphatic rings. The number of amides is 2. The maximum Gasteiger partial charge on any atom is 0.419 e. The number of nitrogens with zero attached hydrogens (tertiary/aromatic N) is 2. The molecule has 0 atom stereocenters. The van der Waals surface area contributed by atoms with Crippen molar-refractivity contribution >= 4 is 11.7 Å². The molecule has 0 saturated heterocycles. The van der Waals surface area contributed by atoms with Crippen LogP contribution in [0.4, 0.5) is 28.0 Å². The molecule has 1 aromatic heterocycles. The lowest BCUT2D eigenvalue weighted by Crippen LogP contribution is -2.32. The summed E-state index contributed by atoms with van der Waals surface area (Å²) in [4.78, 5) is 11.8. The fourth-order valence-corrected chi connectivity index (χ4v) is 2.63. The zero-order valence-electron chi connectivity index (χ0n) is 16.7. The van der Waals surface area contributed by atoms with Crippen molar-refractivity contribution in [3.05, 3.63) is 66.0 Å². The van der Waals surface area contributed by atoms with Gasteiger partial charge < -0.3 is 20.1 Å². The number of urea groups is 1. The number of ether oxygens (including phenoxy) is 2. The number of hydrogen-bond donors (Lipinski definition) is 2. The highest BCUT2D eigenvalue weighted by molar-refractivity contribution is 5.89. The molecular weight excluding hydrogens is 432 g/mol. The molecule has 0 fully saturated rings. The Bertz CT molecular complexity index is 1060. The van der Waals surface area contributed by atoms with Crippen molar-refractivity contribution in [2.24, 2.45) is 0 Å². The van der Waals surface area contributed by atoms with Crippen molar-refractivity contribution in [3.8, 4) is 22.9 Å².